The molecule has 20 atom stereocenters. The number of fused-ring (bicyclic) bond motifs is 1. The second kappa shape index (κ2) is 49.0. The minimum atomic E-state index is -1.35. The van der Waals surface area contributed by atoms with Crippen molar-refractivity contribution in [3.8, 4) is 0 Å². The van der Waals surface area contributed by atoms with Gasteiger partial charge in [0.1, 0.15) is 13.3 Å². The minimum absolute atomic E-state index is 0.0239. The highest BCUT2D eigenvalue weighted by Gasteiger charge is 2.57. The Morgan fingerprint density at radius 2 is 0.850 bits per heavy atom. The number of ether oxygens (including phenoxy) is 1. The van der Waals surface area contributed by atoms with Crippen LogP contribution < -0.4 is 0 Å². The maximum Gasteiger partial charge on any atom is 0.452 e. The molecule has 0 bridgehead atoms. The smallest absolute Gasteiger partial charge is 0.442 e. The van der Waals surface area contributed by atoms with E-state index in [9.17, 15) is 28.8 Å². The fourth-order valence-corrected chi connectivity index (χ4v) is 28.5. The number of imide groups is 1. The maximum atomic E-state index is 13.5. The van der Waals surface area contributed by atoms with E-state index in [-0.39, 0.29) is 66.6 Å². The number of hydrogen-bond acceptors (Lipinski definition) is 9. The number of benzene rings is 4. The van der Waals surface area contributed by atoms with Gasteiger partial charge in [0.2, 0.25) is 22.3 Å². The topological polar surface area (TPSA) is 164 Å². The molecular formula is C103H143Cl2N5O7Si3. The zero-order valence-electron chi connectivity index (χ0n) is 75.2. The van der Waals surface area contributed by atoms with E-state index >= 15 is 0 Å². The van der Waals surface area contributed by atoms with Crippen LogP contribution in [0.5, 0.6) is 0 Å². The van der Waals surface area contributed by atoms with Crippen molar-refractivity contribution in [3.05, 3.63) is 236 Å². The van der Waals surface area contributed by atoms with Crippen molar-refractivity contribution in [2.45, 2.75) is 239 Å². The first-order valence-electron chi connectivity index (χ1n) is 45.1. The summed E-state index contributed by atoms with van der Waals surface area (Å²) in [7, 11) is -3.98. The molecule has 4 aromatic rings. The van der Waals surface area contributed by atoms with E-state index in [0.29, 0.717) is 65.2 Å². The van der Waals surface area contributed by atoms with Crippen molar-refractivity contribution in [2.75, 3.05) is 6.67 Å². The van der Waals surface area contributed by atoms with Crippen LogP contribution in [0.15, 0.2) is 228 Å². The van der Waals surface area contributed by atoms with E-state index in [2.05, 4.69) is 281 Å². The quantitative estimate of drug-likeness (QED) is 0.0151. The van der Waals surface area contributed by atoms with Crippen LogP contribution in [0.4, 0.5) is 4.79 Å². The Balaban J connectivity index is 0.000000242. The third-order valence-corrected chi connectivity index (χ3v) is 35.4. The normalized spacial score (nSPS) is 29.3. The molecule has 1 heterocycles. The van der Waals surface area contributed by atoms with Gasteiger partial charge in [0, 0.05) is 31.1 Å². The zero-order chi connectivity index (χ0) is 87.9. The van der Waals surface area contributed by atoms with Crippen LogP contribution in [0.3, 0.4) is 0 Å². The molecule has 13 unspecified atom stereocenters. The van der Waals surface area contributed by atoms with Crippen molar-refractivity contribution in [3.63, 3.8) is 0 Å². The number of azo groups is 1. The lowest BCUT2D eigenvalue weighted by atomic mass is 9.87. The summed E-state index contributed by atoms with van der Waals surface area (Å²) in [5, 5.41) is 5.49. The van der Waals surface area contributed by atoms with Gasteiger partial charge in [-0.05, 0) is 222 Å². The van der Waals surface area contributed by atoms with Crippen LogP contribution in [0.2, 0.25) is 75.5 Å². The number of halogens is 2. The fraction of sp³-hybridized carbons (Fsp3) is 0.524. The van der Waals surface area contributed by atoms with Crippen molar-refractivity contribution in [2.24, 2.45) is 115 Å². The van der Waals surface area contributed by atoms with Gasteiger partial charge in [-0.15, -0.1) is 24.9 Å². The summed E-state index contributed by atoms with van der Waals surface area (Å²) in [5.41, 5.74) is 8.20. The Morgan fingerprint density at radius 3 is 1.26 bits per heavy atom. The minimum Gasteiger partial charge on any atom is -0.442 e. The lowest BCUT2D eigenvalue weighted by Gasteiger charge is -2.29. The summed E-state index contributed by atoms with van der Waals surface area (Å²) >= 11 is 11.8. The molecule has 7 saturated carbocycles. The molecule has 12 nitrogen and oxygen atoms in total. The Morgan fingerprint density at radius 1 is 0.450 bits per heavy atom. The van der Waals surface area contributed by atoms with Crippen LogP contribution >= 0.6 is 23.2 Å². The molecule has 1 aliphatic heterocycles. The Bertz CT molecular complexity index is 4240. The molecule has 120 heavy (non-hydrogen) atoms. The number of likely N-dealkylation sites (tertiary alicyclic amines) is 1. The largest absolute Gasteiger partial charge is 0.452 e. The van der Waals surface area contributed by atoms with E-state index in [4.69, 9.17) is 27.9 Å². The van der Waals surface area contributed by atoms with E-state index < -0.39 is 58.5 Å². The highest BCUT2D eigenvalue weighted by Crippen LogP contribution is 2.54. The van der Waals surface area contributed by atoms with Gasteiger partial charge >= 0.3 is 6.09 Å². The first-order chi connectivity index (χ1) is 57.5. The van der Waals surface area contributed by atoms with Crippen LogP contribution in [0.1, 0.15) is 179 Å². The first-order valence-corrected chi connectivity index (χ1v) is 56.6. The van der Waals surface area contributed by atoms with Crippen molar-refractivity contribution < 1.29 is 33.5 Å². The Hall–Kier alpha value is -7.63. The second-order valence-electron chi connectivity index (χ2n) is 37.1. The second-order valence-corrected chi connectivity index (χ2v) is 54.2. The van der Waals surface area contributed by atoms with Crippen molar-refractivity contribution in [1.29, 1.82) is 0 Å². The molecule has 0 N–H and O–H groups in total. The Kier molecular flexibility index (Phi) is 40.6. The highest BCUT2D eigenvalue weighted by atomic mass is 35.5. The van der Waals surface area contributed by atoms with Crippen molar-refractivity contribution in [1.82, 2.24) is 4.90 Å². The highest BCUT2D eigenvalue weighted by molar-refractivity contribution is 6.78. The number of carbonyl (C=O) groups excluding carboxylic acids is 6. The Labute approximate surface area is 735 Å². The molecule has 8 aliphatic rings. The molecule has 8 fully saturated rings. The van der Waals surface area contributed by atoms with Gasteiger partial charge in [0.25, 0.3) is 5.91 Å². The number of allylic oxidation sites excluding steroid dienone is 12. The summed E-state index contributed by atoms with van der Waals surface area (Å²) in [4.78, 5) is 83.6. The fourth-order valence-electron chi connectivity index (χ4n) is 20.3. The molecule has 0 spiro atoms. The van der Waals surface area contributed by atoms with E-state index in [1.807, 2.05) is 65.8 Å². The molecule has 4 aromatic carbocycles. The zero-order valence-corrected chi connectivity index (χ0v) is 79.8. The maximum absolute atomic E-state index is 13.5. The van der Waals surface area contributed by atoms with E-state index in [1.54, 1.807) is 6.08 Å². The van der Waals surface area contributed by atoms with Gasteiger partial charge in [0.05, 0.1) is 35.7 Å². The number of aliphatic imine (C=N–C) groups is 2. The average Bonchev–Trinajstić information content (AvgIpc) is 1.58. The molecule has 648 valence electrons. The van der Waals surface area contributed by atoms with Gasteiger partial charge in [-0.25, -0.2) is 14.8 Å². The molecular weight excluding hydrogens is 1570 g/mol. The summed E-state index contributed by atoms with van der Waals surface area (Å²) in [6.07, 6.45) is 49.9. The molecule has 0 aromatic heterocycles. The molecule has 4 amide bonds. The molecule has 0 radical (unpaired) electrons. The SMILES string of the molecule is C=C[C@@H]1CC(/C=C/C2CC(/C=C/c3ccccc3)C([Si](C)(C)C)C2)C(c2ccc(COC(=O)N=NC(C)=O)cc2)C1.C=C[C@@H]1CC(/C=C/C2CC(/C=C/c3ccccc3)C([Si](C)(C)C)C2)[C@@H](C(=O)Cl)[C@@H]1C(=O)Cl.C=C[C@@H]1CC(/C=C/C2CC(/C=C/c3ccccc3)C([Si](C)(C)C)C2)[C@@H]2C(=O)N(CN=C=NC3CCCCC3)C(=O)[C@H]12.CC.CC.CC. The molecule has 1 saturated heterocycles. The lowest BCUT2D eigenvalue weighted by Crippen LogP contribution is -2.33. The van der Waals surface area contributed by atoms with E-state index in [1.165, 1.54) is 79.0 Å². The lowest BCUT2D eigenvalue weighted by molar-refractivity contribution is -0.140. The predicted molar refractivity (Wildman–Crippen MR) is 512 cm³/mol. The summed E-state index contributed by atoms with van der Waals surface area (Å²) in [5.74, 6) is 2.23. The standard InChI is InChI=1S/C35H47N3O2Si.C35H44N2O3Si.C27H34Cl2O2Si.3C2H6/c1-5-27-22-29(33-32(27)34(39)38(35(33)40)24-36-23-37-30-14-10-7-11-15-30)19-17-26-20-28(31(21-26)41(2,3)4)18-16-25-12-8-6-9-13-25;1-6-26-20-31(33(22-26)30-16-13-28(14-17-30)24-40-35(39)37-36-25(2)38)18-15-29-21-32(34(23-29)41(3,4)5)19-12-27-10-8-7-9-11-27;1-5-20-17-22(25(27(29)31)24(20)26(28)30)14-12-19-15-21(23(16-19)32(2,3)4)13-11-18-9-7-6-8-10-18;3*1-2/h5-6,8-9,12-13,16-19,26-33H,1,7,10-11,14-15,20-22,24H2,2-4H3;6-19,26,29,31-34H,1,20-24H2,2-5H3;5-14,19-25H,1,15-17H2,2-4H3;3*1-2H3/b18-16+,19-17+;18-15+,19-12+,37-36?;13-11+,14-12+;;;/t26?,27-,28?,29?,31?,32-,33+;26-,29?,31?,32?,33?,34?;19?,20-,21?,22?,23?,24-,25-;;;/m111.../s1. The number of nitrogens with zero attached hydrogens (tertiary/aromatic N) is 5. The van der Waals surface area contributed by atoms with Crippen LogP contribution in [-0.2, 0) is 35.3 Å². The summed E-state index contributed by atoms with van der Waals surface area (Å²) < 4.78 is 5.10. The molecule has 12 rings (SSSR count). The number of rotatable bonds is 26. The molecule has 17 heteroatoms. The number of amides is 4. The van der Waals surface area contributed by atoms with Crippen LogP contribution in [0, 0.1) is 94.7 Å². The first kappa shape index (κ1) is 99.5. The van der Waals surface area contributed by atoms with Gasteiger partial charge in [0.15, 0.2) is 0 Å². The summed E-state index contributed by atoms with van der Waals surface area (Å²) in [6, 6.07) is 43.1. The van der Waals surface area contributed by atoms with Crippen LogP contribution in [-0.4, -0.2) is 82.1 Å². The van der Waals surface area contributed by atoms with Crippen molar-refractivity contribution >= 4 is 106 Å². The number of carbonyl (C=O) groups is 6. The third kappa shape index (κ3) is 29.0. The van der Waals surface area contributed by atoms with Gasteiger partial charge in [-0.1, -0.05) is 331 Å². The van der Waals surface area contributed by atoms with E-state index in [0.717, 1.165) is 61.6 Å². The third-order valence-electron chi connectivity index (χ3n) is 26.2. The monoisotopic (exact) mass is 1720 g/mol. The van der Waals surface area contributed by atoms with Crippen LogP contribution in [0.25, 0.3) is 18.2 Å². The number of hydrogen-bond donors (Lipinski definition) is 0. The summed E-state index contributed by atoms with van der Waals surface area (Å²) in [6.45, 7) is 47.7. The van der Waals surface area contributed by atoms with Gasteiger partial charge < -0.3 is 4.74 Å². The predicted octanol–water partition coefficient (Wildman–Crippen LogP) is 28.2. The van der Waals surface area contributed by atoms with Gasteiger partial charge in [-0.2, -0.15) is 0 Å². The average molecular weight is 1720 g/mol. The molecule has 7 aliphatic carbocycles. The van der Waals surface area contributed by atoms with Gasteiger partial charge in [-0.3, -0.25) is 28.9 Å².